The van der Waals surface area contributed by atoms with Crippen molar-refractivity contribution in [2.75, 3.05) is 18.4 Å². The van der Waals surface area contributed by atoms with Crippen LogP contribution in [0.5, 0.6) is 0 Å². The fraction of sp³-hybridized carbons (Fsp3) is 0.348. The van der Waals surface area contributed by atoms with Crippen molar-refractivity contribution in [2.45, 2.75) is 38.0 Å². The zero-order valence-electron chi connectivity index (χ0n) is 17.6. The lowest BCUT2D eigenvalue weighted by molar-refractivity contribution is -0.125. The molecule has 1 aromatic carbocycles. The number of nitrogens with zero attached hydrogens (tertiary/aromatic N) is 5. The van der Waals surface area contributed by atoms with Crippen LogP contribution in [-0.4, -0.2) is 61.1 Å². The second-order valence-corrected chi connectivity index (χ2v) is 8.22. The van der Waals surface area contributed by atoms with Gasteiger partial charge in [-0.1, -0.05) is 12.1 Å². The van der Waals surface area contributed by atoms with E-state index >= 15 is 0 Å². The topological polar surface area (TPSA) is 116 Å². The van der Waals surface area contributed by atoms with E-state index in [0.29, 0.717) is 37.8 Å². The molecule has 4 heterocycles. The van der Waals surface area contributed by atoms with Gasteiger partial charge in [0, 0.05) is 42.8 Å². The number of aliphatic hydroxyl groups is 1. The number of hydrogen-bond acceptors (Lipinski definition) is 8. The summed E-state index contributed by atoms with van der Waals surface area (Å²) in [7, 11) is 0. The fourth-order valence-electron chi connectivity index (χ4n) is 4.29. The third-order valence-electron chi connectivity index (χ3n) is 5.81. The van der Waals surface area contributed by atoms with Gasteiger partial charge in [-0.25, -0.2) is 9.97 Å². The first-order chi connectivity index (χ1) is 15.6. The van der Waals surface area contributed by atoms with Crippen molar-refractivity contribution >= 4 is 17.5 Å². The predicted molar refractivity (Wildman–Crippen MR) is 119 cm³/mol. The average molecular weight is 432 g/mol. The number of rotatable bonds is 0. The lowest BCUT2D eigenvalue weighted by Gasteiger charge is -2.23. The van der Waals surface area contributed by atoms with E-state index in [1.165, 1.54) is 6.33 Å². The van der Waals surface area contributed by atoms with Crippen LogP contribution < -0.4 is 10.6 Å². The van der Waals surface area contributed by atoms with Crippen molar-refractivity contribution in [2.24, 2.45) is 0 Å². The molecule has 0 spiro atoms. The molecule has 32 heavy (non-hydrogen) atoms. The highest BCUT2D eigenvalue weighted by atomic mass is 16.3. The number of fused-ring (bicyclic) bond motifs is 8. The van der Waals surface area contributed by atoms with Crippen LogP contribution in [0.2, 0.25) is 0 Å². The van der Waals surface area contributed by atoms with E-state index in [2.05, 4.69) is 30.6 Å². The quantitative estimate of drug-likeness (QED) is 0.492. The molecule has 0 radical (unpaired) electrons. The van der Waals surface area contributed by atoms with E-state index in [1.54, 1.807) is 6.20 Å². The van der Waals surface area contributed by atoms with Crippen LogP contribution in [0.15, 0.2) is 48.9 Å². The maximum atomic E-state index is 12.8. The summed E-state index contributed by atoms with van der Waals surface area (Å²) < 4.78 is 0. The monoisotopic (exact) mass is 431 g/mol. The van der Waals surface area contributed by atoms with Gasteiger partial charge in [0.05, 0.1) is 12.1 Å². The van der Waals surface area contributed by atoms with Crippen LogP contribution in [0.1, 0.15) is 24.1 Å². The van der Waals surface area contributed by atoms with E-state index in [4.69, 9.17) is 0 Å². The lowest BCUT2D eigenvalue weighted by Crippen LogP contribution is -2.43. The number of aryl methyl sites for hydroxylation is 1. The zero-order valence-corrected chi connectivity index (χ0v) is 17.6. The number of nitrogens with one attached hydrogen (secondary N) is 2. The van der Waals surface area contributed by atoms with Gasteiger partial charge in [0.25, 0.3) is 0 Å². The first kappa shape index (κ1) is 20.5. The third kappa shape index (κ3) is 4.58. The summed E-state index contributed by atoms with van der Waals surface area (Å²) >= 11 is 0. The highest BCUT2D eigenvalue weighted by molar-refractivity contribution is 5.82. The summed E-state index contributed by atoms with van der Waals surface area (Å²) in [5.74, 6) is 0.998. The first-order valence-electron chi connectivity index (χ1n) is 10.8. The van der Waals surface area contributed by atoms with Crippen LogP contribution >= 0.6 is 0 Å². The highest BCUT2D eigenvalue weighted by Crippen LogP contribution is 2.24. The van der Waals surface area contributed by atoms with Gasteiger partial charge in [-0.2, -0.15) is 4.98 Å². The maximum Gasteiger partial charge on any atom is 0.237 e. The zero-order chi connectivity index (χ0) is 21.9. The molecule has 5 rings (SSSR count). The number of carbonyl (C=O) groups excluding carboxylic acids is 1. The van der Waals surface area contributed by atoms with Crippen LogP contribution in [-0.2, 0) is 17.8 Å². The molecule has 9 heteroatoms. The highest BCUT2D eigenvalue weighted by Gasteiger charge is 2.35. The van der Waals surface area contributed by atoms with Gasteiger partial charge in [-0.3, -0.25) is 14.7 Å². The molecule has 3 aromatic rings. The number of pyridine rings is 1. The molecule has 164 valence electrons. The fourth-order valence-corrected chi connectivity index (χ4v) is 4.29. The number of amides is 1. The molecule has 3 N–H and O–H groups in total. The molecule has 1 fully saturated rings. The van der Waals surface area contributed by atoms with Crippen molar-refractivity contribution in [1.29, 1.82) is 0 Å². The van der Waals surface area contributed by atoms with Crippen LogP contribution in [0.4, 0.5) is 11.6 Å². The summed E-state index contributed by atoms with van der Waals surface area (Å²) in [6, 6.07) is 11.4. The van der Waals surface area contributed by atoms with Gasteiger partial charge >= 0.3 is 0 Å². The molecular weight excluding hydrogens is 406 g/mol. The summed E-state index contributed by atoms with van der Waals surface area (Å²) in [4.78, 5) is 32.5. The molecular formula is C23H25N7O2. The van der Waals surface area contributed by atoms with E-state index in [-0.39, 0.29) is 11.9 Å². The van der Waals surface area contributed by atoms with E-state index < -0.39 is 6.10 Å². The molecule has 1 amide bonds. The van der Waals surface area contributed by atoms with Crippen molar-refractivity contribution in [3.05, 3.63) is 60.2 Å². The normalized spacial score (nSPS) is 21.6. The van der Waals surface area contributed by atoms with Gasteiger partial charge < -0.3 is 15.7 Å². The van der Waals surface area contributed by atoms with E-state index in [9.17, 15) is 9.90 Å². The third-order valence-corrected chi connectivity index (χ3v) is 5.81. The Balaban J connectivity index is 1.48. The second-order valence-electron chi connectivity index (χ2n) is 8.22. The summed E-state index contributed by atoms with van der Waals surface area (Å²) in [6.45, 7) is 1.60. The number of aliphatic hydroxyl groups excluding tert-OH is 1. The Bertz CT molecular complexity index is 1120. The standard InChI is InChI=1S/C23H25N7O2/c31-19-11-20-22(32)25-7-2-5-17-10-16(6-8-24-17)21-26-14-27-23(29-21)28-18-4-1-3-15(9-18)12-30(20)13-19/h1,3-4,6,8-10,14,19-20,31H,2,5,7,11-13H2,(H,25,32)(H,26,27,28,29)/t19-,20+/m1/s1. The second kappa shape index (κ2) is 8.97. The number of aromatic nitrogens is 4. The number of carbonyl (C=O) groups is 1. The number of hydrogen-bond donors (Lipinski definition) is 3. The van der Waals surface area contributed by atoms with Crippen molar-refractivity contribution < 1.29 is 9.90 Å². The number of anilines is 2. The summed E-state index contributed by atoms with van der Waals surface area (Å²) in [5.41, 5.74) is 3.67. The minimum absolute atomic E-state index is 0.0359. The minimum Gasteiger partial charge on any atom is -0.392 e. The van der Waals surface area contributed by atoms with Gasteiger partial charge in [0.1, 0.15) is 6.33 Å². The summed E-state index contributed by atoms with van der Waals surface area (Å²) in [6.07, 6.45) is 4.69. The Hall–Kier alpha value is -3.43. The average Bonchev–Trinajstić information content (AvgIpc) is 3.17. The lowest BCUT2D eigenvalue weighted by atomic mass is 10.1. The van der Waals surface area contributed by atoms with Crippen molar-refractivity contribution in [3.63, 3.8) is 0 Å². The van der Waals surface area contributed by atoms with Crippen molar-refractivity contribution in [3.8, 4) is 11.4 Å². The Morgan fingerprint density at radius 2 is 2.06 bits per heavy atom. The Kier molecular flexibility index (Phi) is 5.74. The van der Waals surface area contributed by atoms with Crippen LogP contribution in [0.3, 0.4) is 0 Å². The Morgan fingerprint density at radius 3 is 3.00 bits per heavy atom. The van der Waals surface area contributed by atoms with Gasteiger partial charge in [-0.05, 0) is 49.1 Å². The maximum absolute atomic E-state index is 12.8. The van der Waals surface area contributed by atoms with E-state index in [1.807, 2.05) is 41.3 Å². The Labute approximate surface area is 186 Å². The summed E-state index contributed by atoms with van der Waals surface area (Å²) in [5, 5.41) is 16.5. The van der Waals surface area contributed by atoms with E-state index in [0.717, 1.165) is 35.3 Å². The molecule has 2 aliphatic heterocycles. The van der Waals surface area contributed by atoms with Gasteiger partial charge in [0.2, 0.25) is 11.9 Å². The van der Waals surface area contributed by atoms with Gasteiger partial charge in [-0.15, -0.1) is 0 Å². The molecule has 0 saturated carbocycles. The molecule has 2 aliphatic rings. The van der Waals surface area contributed by atoms with Gasteiger partial charge in [0.15, 0.2) is 5.82 Å². The molecule has 6 bridgehead atoms. The smallest absolute Gasteiger partial charge is 0.237 e. The predicted octanol–water partition coefficient (Wildman–Crippen LogP) is 1.67. The van der Waals surface area contributed by atoms with Crippen molar-refractivity contribution in [1.82, 2.24) is 30.2 Å². The molecule has 0 aliphatic carbocycles. The van der Waals surface area contributed by atoms with Crippen LogP contribution in [0.25, 0.3) is 11.4 Å². The first-order valence-corrected chi connectivity index (χ1v) is 10.8. The molecule has 0 unspecified atom stereocenters. The molecule has 9 nitrogen and oxygen atoms in total. The SMILES string of the molecule is O=C1NCCCc2cc(ccn2)-c2ncnc(n2)Nc2cccc(c2)CN2C[C@H](O)C[C@@H]12. The Morgan fingerprint density at radius 1 is 1.12 bits per heavy atom. The molecule has 1 saturated heterocycles. The number of benzene rings is 1. The molecule has 2 atom stereocenters. The minimum atomic E-state index is -0.503. The molecule has 2 aromatic heterocycles. The largest absolute Gasteiger partial charge is 0.392 e. The van der Waals surface area contributed by atoms with Crippen LogP contribution in [0, 0.1) is 0 Å².